The summed E-state index contributed by atoms with van der Waals surface area (Å²) in [7, 11) is 1.62. The molecule has 1 amide bonds. The van der Waals surface area contributed by atoms with Crippen LogP contribution in [0, 0.1) is 11.8 Å². The summed E-state index contributed by atoms with van der Waals surface area (Å²) in [6.45, 7) is 0.235. The van der Waals surface area contributed by atoms with Crippen molar-refractivity contribution in [3.8, 4) is 17.6 Å². The van der Waals surface area contributed by atoms with Crippen LogP contribution in [-0.4, -0.2) is 29.5 Å². The van der Waals surface area contributed by atoms with Crippen LogP contribution in [0.25, 0.3) is 11.0 Å². The highest BCUT2D eigenvalue weighted by Gasteiger charge is 2.07. The molecule has 0 atom stereocenters. The highest BCUT2D eigenvalue weighted by molar-refractivity contribution is 5.93. The van der Waals surface area contributed by atoms with Crippen molar-refractivity contribution in [2.24, 2.45) is 0 Å². The monoisotopic (exact) mass is 317 g/mol. The number of methoxy groups -OCH3 is 1. The summed E-state index contributed by atoms with van der Waals surface area (Å²) >= 11 is 0. The molecule has 5 nitrogen and oxygen atoms in total. The predicted octanol–water partition coefficient (Wildman–Crippen LogP) is 2.42. The Morgan fingerprint density at radius 2 is 1.88 bits per heavy atom. The Morgan fingerprint density at radius 1 is 1.12 bits per heavy atom. The second-order valence-electron chi connectivity index (χ2n) is 4.96. The first kappa shape index (κ1) is 15.5. The molecule has 5 heteroatoms. The van der Waals surface area contributed by atoms with Gasteiger partial charge in [-0.05, 0) is 36.4 Å². The van der Waals surface area contributed by atoms with Gasteiger partial charge < -0.3 is 10.1 Å². The van der Waals surface area contributed by atoms with Crippen LogP contribution in [0.3, 0.4) is 0 Å². The van der Waals surface area contributed by atoms with Gasteiger partial charge in [-0.1, -0.05) is 24.0 Å². The van der Waals surface area contributed by atoms with E-state index >= 15 is 0 Å². The maximum atomic E-state index is 12.1. The van der Waals surface area contributed by atoms with Crippen LogP contribution in [0.5, 0.6) is 5.75 Å². The quantitative estimate of drug-likeness (QED) is 0.754. The number of benzene rings is 2. The number of para-hydroxylation sites is 2. The van der Waals surface area contributed by atoms with E-state index in [1.54, 1.807) is 7.11 Å². The molecule has 0 saturated carbocycles. The van der Waals surface area contributed by atoms with Gasteiger partial charge in [0.2, 0.25) is 0 Å². The number of rotatable bonds is 3. The molecule has 1 heterocycles. The molecule has 0 unspecified atom stereocenters. The molecule has 0 spiro atoms. The minimum atomic E-state index is -0.294. The minimum Gasteiger partial charge on any atom is -0.497 e. The van der Waals surface area contributed by atoms with E-state index in [0.29, 0.717) is 5.52 Å². The Kier molecular flexibility index (Phi) is 4.68. The van der Waals surface area contributed by atoms with Crippen molar-refractivity contribution in [2.45, 2.75) is 0 Å². The summed E-state index contributed by atoms with van der Waals surface area (Å²) < 4.78 is 5.09. The summed E-state index contributed by atoms with van der Waals surface area (Å²) in [5, 5.41) is 2.72. The maximum absolute atomic E-state index is 12.1. The van der Waals surface area contributed by atoms with Crippen molar-refractivity contribution in [3.05, 3.63) is 66.0 Å². The van der Waals surface area contributed by atoms with E-state index in [2.05, 4.69) is 27.1 Å². The number of hydrogen-bond acceptors (Lipinski definition) is 4. The Morgan fingerprint density at radius 3 is 2.62 bits per heavy atom. The maximum Gasteiger partial charge on any atom is 0.272 e. The molecule has 0 saturated heterocycles. The number of ether oxygens (including phenoxy) is 1. The number of carbonyl (C=O) groups excluding carboxylic acids is 1. The molecule has 0 aliphatic rings. The largest absolute Gasteiger partial charge is 0.497 e. The number of aromatic nitrogens is 2. The second-order valence-corrected chi connectivity index (χ2v) is 4.96. The lowest BCUT2D eigenvalue weighted by Gasteiger charge is -2.02. The van der Waals surface area contributed by atoms with Crippen molar-refractivity contribution >= 4 is 16.9 Å². The molecule has 0 bridgehead atoms. The van der Waals surface area contributed by atoms with Gasteiger partial charge in [-0.25, -0.2) is 4.98 Å². The van der Waals surface area contributed by atoms with Crippen molar-refractivity contribution in [1.29, 1.82) is 0 Å². The lowest BCUT2D eigenvalue weighted by atomic mass is 10.2. The smallest absolute Gasteiger partial charge is 0.272 e. The van der Waals surface area contributed by atoms with Crippen LogP contribution in [0.4, 0.5) is 0 Å². The van der Waals surface area contributed by atoms with Gasteiger partial charge in [-0.15, -0.1) is 0 Å². The molecule has 3 rings (SSSR count). The number of nitrogens with one attached hydrogen (secondary N) is 1. The molecule has 1 N–H and O–H groups in total. The van der Waals surface area contributed by atoms with E-state index in [-0.39, 0.29) is 18.1 Å². The van der Waals surface area contributed by atoms with E-state index < -0.39 is 0 Å². The van der Waals surface area contributed by atoms with Crippen LogP contribution in [0.2, 0.25) is 0 Å². The standard InChI is InChI=1S/C19H15N3O2/c1-24-15-10-8-14(9-11-15)5-4-12-20-19(23)18-13-21-16-6-2-3-7-17(16)22-18/h2-3,6-11,13H,12H2,1H3,(H,20,23). The zero-order valence-corrected chi connectivity index (χ0v) is 13.1. The predicted molar refractivity (Wildman–Crippen MR) is 91.7 cm³/mol. The topological polar surface area (TPSA) is 64.1 Å². The summed E-state index contributed by atoms with van der Waals surface area (Å²) in [6.07, 6.45) is 1.47. The lowest BCUT2D eigenvalue weighted by Crippen LogP contribution is -2.24. The molecule has 2 aromatic carbocycles. The van der Waals surface area contributed by atoms with Gasteiger partial charge in [-0.3, -0.25) is 9.78 Å². The van der Waals surface area contributed by atoms with Gasteiger partial charge in [0.25, 0.3) is 5.91 Å². The number of nitrogens with zero attached hydrogens (tertiary/aromatic N) is 2. The molecule has 0 fully saturated rings. The summed E-state index contributed by atoms with van der Waals surface area (Å²) in [5.74, 6) is 6.37. The minimum absolute atomic E-state index is 0.235. The van der Waals surface area contributed by atoms with Gasteiger partial charge in [-0.2, -0.15) is 0 Å². The van der Waals surface area contributed by atoms with Crippen LogP contribution in [0.1, 0.15) is 16.1 Å². The average molecular weight is 317 g/mol. The van der Waals surface area contributed by atoms with E-state index in [0.717, 1.165) is 16.8 Å². The van der Waals surface area contributed by atoms with Gasteiger partial charge in [0, 0.05) is 5.56 Å². The van der Waals surface area contributed by atoms with E-state index in [9.17, 15) is 4.79 Å². The van der Waals surface area contributed by atoms with Gasteiger partial charge >= 0.3 is 0 Å². The molecule has 3 aromatic rings. The Labute approximate surface area is 139 Å². The molecule has 118 valence electrons. The third-order valence-corrected chi connectivity index (χ3v) is 3.34. The molecule has 0 aliphatic carbocycles. The van der Waals surface area contributed by atoms with Crippen molar-refractivity contribution in [1.82, 2.24) is 15.3 Å². The fourth-order valence-corrected chi connectivity index (χ4v) is 2.10. The van der Waals surface area contributed by atoms with E-state index in [4.69, 9.17) is 4.74 Å². The van der Waals surface area contributed by atoms with Crippen LogP contribution in [-0.2, 0) is 0 Å². The van der Waals surface area contributed by atoms with Gasteiger partial charge in [0.15, 0.2) is 0 Å². The Hall–Kier alpha value is -3.39. The molecular weight excluding hydrogens is 302 g/mol. The molecule has 0 radical (unpaired) electrons. The Bertz CT molecular complexity index is 924. The van der Waals surface area contributed by atoms with Crippen LogP contribution >= 0.6 is 0 Å². The molecule has 0 aliphatic heterocycles. The van der Waals surface area contributed by atoms with Crippen molar-refractivity contribution in [3.63, 3.8) is 0 Å². The van der Waals surface area contributed by atoms with Crippen molar-refractivity contribution < 1.29 is 9.53 Å². The molecule has 24 heavy (non-hydrogen) atoms. The molecular formula is C19H15N3O2. The number of fused-ring (bicyclic) bond motifs is 1. The highest BCUT2D eigenvalue weighted by atomic mass is 16.5. The fourth-order valence-electron chi connectivity index (χ4n) is 2.10. The second kappa shape index (κ2) is 7.25. The van der Waals surface area contributed by atoms with Crippen LogP contribution in [0.15, 0.2) is 54.7 Å². The fraction of sp³-hybridized carbons (Fsp3) is 0.105. The normalized spacial score (nSPS) is 9.88. The number of carbonyl (C=O) groups is 1. The molecule has 1 aromatic heterocycles. The van der Waals surface area contributed by atoms with Crippen LogP contribution < -0.4 is 10.1 Å². The lowest BCUT2D eigenvalue weighted by molar-refractivity contribution is 0.0953. The van der Waals surface area contributed by atoms with E-state index in [1.807, 2.05) is 48.5 Å². The number of hydrogen-bond donors (Lipinski definition) is 1. The first-order valence-electron chi connectivity index (χ1n) is 7.39. The first-order valence-corrected chi connectivity index (χ1v) is 7.39. The third-order valence-electron chi connectivity index (χ3n) is 3.34. The first-order chi connectivity index (χ1) is 11.8. The average Bonchev–Trinajstić information content (AvgIpc) is 2.65. The van der Waals surface area contributed by atoms with Gasteiger partial charge in [0.1, 0.15) is 11.4 Å². The van der Waals surface area contributed by atoms with Crippen molar-refractivity contribution in [2.75, 3.05) is 13.7 Å². The summed E-state index contributed by atoms with van der Waals surface area (Å²) in [6, 6.07) is 14.8. The Balaban J connectivity index is 1.61. The zero-order chi connectivity index (χ0) is 16.8. The SMILES string of the molecule is COc1ccc(C#CCNC(=O)c2cnc3ccccc3n2)cc1. The summed E-state index contributed by atoms with van der Waals surface area (Å²) in [5.41, 5.74) is 2.58. The van der Waals surface area contributed by atoms with Gasteiger partial charge in [0.05, 0.1) is 30.9 Å². The third kappa shape index (κ3) is 3.68. The van der Waals surface area contributed by atoms with E-state index in [1.165, 1.54) is 6.20 Å². The summed E-state index contributed by atoms with van der Waals surface area (Å²) in [4.78, 5) is 20.6. The zero-order valence-electron chi connectivity index (χ0n) is 13.1. The highest BCUT2D eigenvalue weighted by Crippen LogP contribution is 2.10. The number of amides is 1.